The Morgan fingerprint density at radius 1 is 1.38 bits per heavy atom. The Hall–Kier alpha value is -1.95. The Morgan fingerprint density at radius 3 is 2.46 bits per heavy atom. The third-order valence-corrected chi connectivity index (χ3v) is 4.62. The fourth-order valence-corrected chi connectivity index (χ4v) is 3.32. The molecule has 1 saturated carbocycles. The molecule has 1 amide bonds. The number of nitrogens with two attached hydrogens (primary N) is 1. The number of ether oxygens (including phenoxy) is 2. The molecule has 0 bridgehead atoms. The minimum Gasteiger partial charge on any atom is -0.503 e. The van der Waals surface area contributed by atoms with Gasteiger partial charge in [-0.25, -0.2) is 4.79 Å². The van der Waals surface area contributed by atoms with Crippen molar-refractivity contribution < 1.29 is 19.4 Å². The molecule has 6 heteroatoms. The van der Waals surface area contributed by atoms with Crippen molar-refractivity contribution in [2.24, 2.45) is 17.1 Å². The molecule has 0 aliphatic heterocycles. The summed E-state index contributed by atoms with van der Waals surface area (Å²) in [6.45, 7) is 10.3. The molecule has 2 rings (SSSR count). The van der Waals surface area contributed by atoms with Crippen LogP contribution < -0.4 is 15.8 Å². The van der Waals surface area contributed by atoms with Gasteiger partial charge in [0.15, 0.2) is 11.5 Å². The summed E-state index contributed by atoms with van der Waals surface area (Å²) in [5, 5.41) is 12.9. The highest BCUT2D eigenvalue weighted by Crippen LogP contribution is 2.64. The van der Waals surface area contributed by atoms with Crippen molar-refractivity contribution in [2.45, 2.75) is 46.1 Å². The number of rotatable bonds is 4. The molecular formula is C18H28N2O4. The van der Waals surface area contributed by atoms with Crippen LogP contribution in [-0.4, -0.2) is 30.5 Å². The number of phenols is 1. The van der Waals surface area contributed by atoms with Gasteiger partial charge in [-0.05, 0) is 62.3 Å². The van der Waals surface area contributed by atoms with Gasteiger partial charge in [0.2, 0.25) is 0 Å². The Balaban J connectivity index is 2.32. The fourth-order valence-electron chi connectivity index (χ4n) is 3.32. The molecule has 134 valence electrons. The largest absolute Gasteiger partial charge is 0.503 e. The van der Waals surface area contributed by atoms with E-state index in [-0.39, 0.29) is 22.8 Å². The second-order valence-electron chi connectivity index (χ2n) is 7.89. The summed E-state index contributed by atoms with van der Waals surface area (Å²) in [7, 11) is 1.48. The highest BCUT2D eigenvalue weighted by molar-refractivity contribution is 5.88. The van der Waals surface area contributed by atoms with Crippen LogP contribution in [-0.2, 0) is 4.74 Å². The lowest BCUT2D eigenvalue weighted by Gasteiger charge is -2.20. The van der Waals surface area contributed by atoms with Crippen LogP contribution in [0.15, 0.2) is 12.1 Å². The fraction of sp³-hybridized carbons (Fsp3) is 0.611. The number of benzene rings is 1. The molecular weight excluding hydrogens is 308 g/mol. The molecule has 1 aliphatic rings. The van der Waals surface area contributed by atoms with Crippen LogP contribution in [0, 0.1) is 11.3 Å². The van der Waals surface area contributed by atoms with Gasteiger partial charge in [0.1, 0.15) is 5.60 Å². The number of nitrogens with one attached hydrogen (secondary N) is 1. The van der Waals surface area contributed by atoms with E-state index in [0.29, 0.717) is 18.2 Å². The molecule has 6 nitrogen and oxygen atoms in total. The van der Waals surface area contributed by atoms with Crippen LogP contribution in [0.5, 0.6) is 11.5 Å². The quantitative estimate of drug-likeness (QED) is 0.732. The van der Waals surface area contributed by atoms with Crippen LogP contribution >= 0.6 is 0 Å². The first-order valence-electron chi connectivity index (χ1n) is 8.12. The van der Waals surface area contributed by atoms with Gasteiger partial charge in [0.25, 0.3) is 0 Å². The van der Waals surface area contributed by atoms with E-state index in [2.05, 4.69) is 19.2 Å². The lowest BCUT2D eigenvalue weighted by Crippen LogP contribution is -2.27. The summed E-state index contributed by atoms with van der Waals surface area (Å²) in [5.41, 5.74) is 6.58. The zero-order chi connectivity index (χ0) is 18.3. The molecule has 0 aromatic heterocycles. The van der Waals surface area contributed by atoms with Crippen molar-refractivity contribution >= 4 is 11.8 Å². The standard InChI is InChI=1S/C18H28N2O4/c1-17(2,3)24-16(22)20-12-7-10(8-13(23-6)15(12)21)14-11(9-19)18(14,4)5/h7-8,11,14,21H,9,19H2,1-6H3,(H,20,22)/t11-,14-/m1/s1. The summed E-state index contributed by atoms with van der Waals surface area (Å²) in [6, 6.07) is 3.57. The molecule has 0 radical (unpaired) electrons. The van der Waals surface area contributed by atoms with Crippen LogP contribution in [0.3, 0.4) is 0 Å². The highest BCUT2D eigenvalue weighted by Gasteiger charge is 2.57. The first kappa shape index (κ1) is 18.4. The van der Waals surface area contributed by atoms with Crippen LogP contribution in [0.25, 0.3) is 0 Å². The lowest BCUT2D eigenvalue weighted by molar-refractivity contribution is 0.0635. The third-order valence-electron chi connectivity index (χ3n) is 4.62. The topological polar surface area (TPSA) is 93.8 Å². The summed E-state index contributed by atoms with van der Waals surface area (Å²) < 4.78 is 10.5. The number of amides is 1. The van der Waals surface area contributed by atoms with Gasteiger partial charge in [-0.1, -0.05) is 13.8 Å². The molecule has 1 aromatic carbocycles. The predicted octanol–water partition coefficient (Wildman–Crippen LogP) is 3.45. The Kier molecular flexibility index (Phi) is 4.72. The van der Waals surface area contributed by atoms with E-state index in [4.69, 9.17) is 15.2 Å². The predicted molar refractivity (Wildman–Crippen MR) is 93.6 cm³/mol. The molecule has 1 fully saturated rings. The zero-order valence-corrected chi connectivity index (χ0v) is 15.3. The van der Waals surface area contributed by atoms with Gasteiger partial charge in [-0.3, -0.25) is 5.32 Å². The van der Waals surface area contributed by atoms with E-state index in [1.165, 1.54) is 7.11 Å². The van der Waals surface area contributed by atoms with Crippen LogP contribution in [0.4, 0.5) is 10.5 Å². The summed E-state index contributed by atoms with van der Waals surface area (Å²) in [6.07, 6.45) is -0.623. The molecule has 0 heterocycles. The average molecular weight is 336 g/mol. The maximum Gasteiger partial charge on any atom is 0.412 e. The zero-order valence-electron chi connectivity index (χ0n) is 15.3. The number of carbonyl (C=O) groups is 1. The number of phenolic OH excluding ortho intramolecular Hbond substituents is 1. The van der Waals surface area contributed by atoms with Crippen LogP contribution in [0.2, 0.25) is 0 Å². The normalized spacial score (nSPS) is 22.0. The summed E-state index contributed by atoms with van der Waals surface area (Å²) in [4.78, 5) is 12.0. The van der Waals surface area contributed by atoms with Gasteiger partial charge in [-0.2, -0.15) is 0 Å². The maximum absolute atomic E-state index is 12.0. The van der Waals surface area contributed by atoms with Crippen molar-refractivity contribution in [1.82, 2.24) is 0 Å². The molecule has 0 unspecified atom stereocenters. The first-order chi connectivity index (χ1) is 11.0. The van der Waals surface area contributed by atoms with Crippen molar-refractivity contribution in [1.29, 1.82) is 0 Å². The summed E-state index contributed by atoms with van der Waals surface area (Å²) in [5.74, 6) is 0.823. The van der Waals surface area contributed by atoms with Gasteiger partial charge in [-0.15, -0.1) is 0 Å². The maximum atomic E-state index is 12.0. The lowest BCUT2D eigenvalue weighted by atomic mass is 10.0. The number of methoxy groups -OCH3 is 1. The molecule has 1 aromatic rings. The number of anilines is 1. The molecule has 0 spiro atoms. The molecule has 24 heavy (non-hydrogen) atoms. The van der Waals surface area contributed by atoms with Crippen LogP contribution in [0.1, 0.15) is 46.1 Å². The van der Waals surface area contributed by atoms with Gasteiger partial charge in [0.05, 0.1) is 12.8 Å². The first-order valence-corrected chi connectivity index (χ1v) is 8.12. The Bertz CT molecular complexity index is 635. The molecule has 1 aliphatic carbocycles. The second kappa shape index (κ2) is 6.16. The van der Waals surface area contributed by atoms with Crippen molar-refractivity contribution in [3.63, 3.8) is 0 Å². The minimum atomic E-state index is -0.623. The molecule has 0 saturated heterocycles. The SMILES string of the molecule is COc1cc([C@@H]2[C@@H](CN)C2(C)C)cc(NC(=O)OC(C)(C)C)c1O. The van der Waals surface area contributed by atoms with Crippen molar-refractivity contribution in [2.75, 3.05) is 19.0 Å². The van der Waals surface area contributed by atoms with Gasteiger partial charge >= 0.3 is 6.09 Å². The molecule has 4 N–H and O–H groups in total. The second-order valence-corrected chi connectivity index (χ2v) is 7.89. The van der Waals surface area contributed by atoms with E-state index in [9.17, 15) is 9.90 Å². The van der Waals surface area contributed by atoms with E-state index in [1.807, 2.05) is 0 Å². The van der Waals surface area contributed by atoms with Gasteiger partial charge < -0.3 is 20.3 Å². The number of aromatic hydroxyl groups is 1. The van der Waals surface area contributed by atoms with Crippen molar-refractivity contribution in [3.8, 4) is 11.5 Å². The minimum absolute atomic E-state index is 0.0833. The van der Waals surface area contributed by atoms with E-state index in [1.54, 1.807) is 32.9 Å². The highest BCUT2D eigenvalue weighted by atomic mass is 16.6. The van der Waals surface area contributed by atoms with E-state index < -0.39 is 11.7 Å². The molecule has 2 atom stereocenters. The number of carbonyl (C=O) groups excluding carboxylic acids is 1. The Labute approximate surface area is 143 Å². The monoisotopic (exact) mass is 336 g/mol. The van der Waals surface area contributed by atoms with E-state index >= 15 is 0 Å². The summed E-state index contributed by atoms with van der Waals surface area (Å²) >= 11 is 0. The van der Waals surface area contributed by atoms with Crippen molar-refractivity contribution in [3.05, 3.63) is 17.7 Å². The smallest absolute Gasteiger partial charge is 0.412 e. The van der Waals surface area contributed by atoms with Gasteiger partial charge in [0, 0.05) is 0 Å². The number of hydrogen-bond donors (Lipinski definition) is 3. The van der Waals surface area contributed by atoms with E-state index in [0.717, 1.165) is 5.56 Å². The average Bonchev–Trinajstić information content (AvgIpc) is 3.00. The number of hydrogen-bond acceptors (Lipinski definition) is 5. The third kappa shape index (κ3) is 3.59. The Morgan fingerprint density at radius 2 is 2.00 bits per heavy atom.